The predicted molar refractivity (Wildman–Crippen MR) is 135 cm³/mol. The molecule has 3 heterocycles. The zero-order chi connectivity index (χ0) is 23.7. The van der Waals surface area contributed by atoms with E-state index in [0.29, 0.717) is 17.9 Å². The van der Waals surface area contributed by atoms with Gasteiger partial charge >= 0.3 is 0 Å². The highest BCUT2D eigenvalue weighted by Crippen LogP contribution is 2.38. The molecule has 5 nitrogen and oxygen atoms in total. The minimum atomic E-state index is -3.59. The Morgan fingerprint density at radius 3 is 2.47 bits per heavy atom. The van der Waals surface area contributed by atoms with Crippen LogP contribution in [0.15, 0.2) is 65.2 Å². The lowest BCUT2D eigenvalue weighted by atomic mass is 9.89. The molecule has 0 spiro atoms. The summed E-state index contributed by atoms with van der Waals surface area (Å²) in [5, 5.41) is -0.575. The van der Waals surface area contributed by atoms with Gasteiger partial charge in [0, 0.05) is 43.1 Å². The Morgan fingerprint density at radius 1 is 1.03 bits per heavy atom. The maximum absolute atomic E-state index is 15.2. The van der Waals surface area contributed by atoms with Gasteiger partial charge in [-0.3, -0.25) is 4.99 Å². The fourth-order valence-corrected chi connectivity index (χ4v) is 7.70. The van der Waals surface area contributed by atoms with Crippen LogP contribution in [0.2, 0.25) is 0 Å². The number of hydrogen-bond acceptors (Lipinski definition) is 4. The average Bonchev–Trinajstić information content (AvgIpc) is 3.38. The predicted octanol–water partition coefficient (Wildman–Crippen LogP) is 5.11. The molecule has 3 aliphatic heterocycles. The molecule has 7 heteroatoms. The van der Waals surface area contributed by atoms with Gasteiger partial charge in [-0.15, -0.1) is 0 Å². The summed E-state index contributed by atoms with van der Waals surface area (Å²) in [4.78, 5) is 6.52. The van der Waals surface area contributed by atoms with Crippen molar-refractivity contribution in [3.8, 4) is 0 Å². The minimum absolute atomic E-state index is 0.0647. The van der Waals surface area contributed by atoms with Crippen LogP contribution in [-0.2, 0) is 16.6 Å². The monoisotopic (exact) mass is 481 g/mol. The third-order valence-electron chi connectivity index (χ3n) is 7.61. The summed E-state index contributed by atoms with van der Waals surface area (Å²) in [5.41, 5.74) is 3.51. The fraction of sp³-hybridized carbons (Fsp3) is 0.444. The first-order chi connectivity index (χ1) is 16.4. The second kappa shape index (κ2) is 9.62. The van der Waals surface area contributed by atoms with Crippen LogP contribution in [-0.4, -0.2) is 44.6 Å². The van der Waals surface area contributed by atoms with Crippen molar-refractivity contribution in [3.05, 3.63) is 77.1 Å². The summed E-state index contributed by atoms with van der Waals surface area (Å²) in [7, 11) is -3.59. The summed E-state index contributed by atoms with van der Waals surface area (Å²) in [6, 6.07) is 14.5. The van der Waals surface area contributed by atoms with Crippen LogP contribution in [0, 0.1) is 11.7 Å². The summed E-state index contributed by atoms with van der Waals surface area (Å²) >= 11 is 0. The minimum Gasteiger partial charge on any atom is -0.371 e. The van der Waals surface area contributed by atoms with Gasteiger partial charge in [-0.2, -0.15) is 4.31 Å². The van der Waals surface area contributed by atoms with Crippen molar-refractivity contribution in [2.75, 3.05) is 24.5 Å². The van der Waals surface area contributed by atoms with Gasteiger partial charge < -0.3 is 4.90 Å². The Labute approximate surface area is 202 Å². The van der Waals surface area contributed by atoms with Crippen molar-refractivity contribution in [2.45, 2.75) is 50.4 Å². The average molecular weight is 482 g/mol. The van der Waals surface area contributed by atoms with Gasteiger partial charge in [0.05, 0.1) is 6.54 Å². The fourth-order valence-electron chi connectivity index (χ4n) is 5.51. The number of benzene rings is 2. The van der Waals surface area contributed by atoms with Crippen LogP contribution in [0.4, 0.5) is 10.1 Å². The Morgan fingerprint density at radius 2 is 1.79 bits per heavy atom. The Bertz CT molecular complexity index is 1190. The first-order valence-electron chi connectivity index (χ1n) is 12.2. The van der Waals surface area contributed by atoms with Crippen molar-refractivity contribution >= 4 is 21.9 Å². The van der Waals surface area contributed by atoms with Crippen LogP contribution in [0.3, 0.4) is 0 Å². The highest BCUT2D eigenvalue weighted by atomic mass is 32.2. The van der Waals surface area contributed by atoms with Crippen molar-refractivity contribution < 1.29 is 12.8 Å². The number of nitrogens with zero attached hydrogens (tertiary/aromatic N) is 3. The largest absolute Gasteiger partial charge is 0.371 e. The van der Waals surface area contributed by atoms with Crippen LogP contribution < -0.4 is 4.90 Å². The molecule has 2 aromatic rings. The zero-order valence-corrected chi connectivity index (χ0v) is 20.4. The number of hydrogen-bond donors (Lipinski definition) is 0. The van der Waals surface area contributed by atoms with E-state index >= 15 is 4.39 Å². The number of halogens is 1. The van der Waals surface area contributed by atoms with Crippen molar-refractivity contribution in [3.63, 3.8) is 0 Å². The molecule has 2 aromatic carbocycles. The number of aliphatic imine (C=N–C) groups is 1. The smallest absolute Gasteiger partial charge is 0.221 e. The number of rotatable bonds is 5. The lowest BCUT2D eigenvalue weighted by molar-refractivity contribution is 0.279. The number of anilines is 1. The molecule has 0 saturated carbocycles. The topological polar surface area (TPSA) is 53.0 Å². The standard InChI is InChI=1S/C27H32FN3O2S/c1-20-7-10-27(22-5-3-2-4-6-22)34(32,33)31(20)19-24-8-9-25(17-26(24)28)30-15-12-21(13-16-30)23-11-14-29-18-23/h2-6,8-9,11,14,17,20-21,27H,7,10,12-13,15-16,18-19H2,1H3/t20-,27?/m0/s1. The van der Waals surface area contributed by atoms with Crippen molar-refractivity contribution in [1.82, 2.24) is 4.31 Å². The van der Waals surface area contributed by atoms with E-state index in [2.05, 4.69) is 16.0 Å². The number of piperidine rings is 1. The van der Waals surface area contributed by atoms with Crippen LogP contribution >= 0.6 is 0 Å². The number of allylic oxidation sites excluding steroid dienone is 1. The highest BCUT2D eigenvalue weighted by molar-refractivity contribution is 7.89. The summed E-state index contributed by atoms with van der Waals surface area (Å²) in [6.07, 6.45) is 7.46. The third-order valence-corrected chi connectivity index (χ3v) is 9.98. The molecule has 1 unspecified atom stereocenters. The summed E-state index contributed by atoms with van der Waals surface area (Å²) in [5.74, 6) is 0.224. The Hall–Kier alpha value is -2.51. The highest BCUT2D eigenvalue weighted by Gasteiger charge is 2.40. The second-order valence-electron chi connectivity index (χ2n) is 9.68. The maximum atomic E-state index is 15.2. The normalized spacial score (nSPS) is 25.5. The molecule has 2 saturated heterocycles. The molecule has 5 rings (SSSR count). The van der Waals surface area contributed by atoms with Gasteiger partial charge in [0.15, 0.2) is 0 Å². The van der Waals surface area contributed by atoms with Gasteiger partial charge in [0.2, 0.25) is 10.0 Å². The SMILES string of the molecule is C[C@H]1CCC(c2ccccc2)S(=O)(=O)N1Cc1ccc(N2CCC(C3=CC=NC3)CC2)cc1F. The molecule has 0 amide bonds. The van der Waals surface area contributed by atoms with E-state index in [9.17, 15) is 8.42 Å². The lowest BCUT2D eigenvalue weighted by Crippen LogP contribution is -2.44. The number of sulfonamides is 1. The van der Waals surface area contributed by atoms with Gasteiger partial charge in [-0.1, -0.05) is 36.4 Å². The molecule has 2 atom stereocenters. The van der Waals surface area contributed by atoms with E-state index in [1.165, 1.54) is 9.88 Å². The molecular weight excluding hydrogens is 449 g/mol. The van der Waals surface area contributed by atoms with Gasteiger partial charge in [-0.25, -0.2) is 12.8 Å². The molecule has 0 bridgehead atoms. The Balaban J connectivity index is 1.29. The molecule has 180 valence electrons. The summed E-state index contributed by atoms with van der Waals surface area (Å²) in [6.45, 7) is 4.57. The lowest BCUT2D eigenvalue weighted by Gasteiger charge is -2.37. The molecule has 0 radical (unpaired) electrons. The summed E-state index contributed by atoms with van der Waals surface area (Å²) < 4.78 is 43.7. The van der Waals surface area contributed by atoms with Crippen LogP contribution in [0.5, 0.6) is 0 Å². The van der Waals surface area contributed by atoms with E-state index in [0.717, 1.165) is 50.1 Å². The molecule has 0 N–H and O–H groups in total. The quantitative estimate of drug-likeness (QED) is 0.597. The molecular formula is C27H32FN3O2S. The first kappa shape index (κ1) is 23.2. The van der Waals surface area contributed by atoms with Crippen LogP contribution in [0.25, 0.3) is 0 Å². The van der Waals surface area contributed by atoms with E-state index in [4.69, 9.17) is 0 Å². The van der Waals surface area contributed by atoms with Gasteiger partial charge in [-0.05, 0) is 67.9 Å². The van der Waals surface area contributed by atoms with Gasteiger partial charge in [0.25, 0.3) is 0 Å². The third kappa shape index (κ3) is 4.56. The van der Waals surface area contributed by atoms with Crippen LogP contribution in [0.1, 0.15) is 49.0 Å². The molecule has 34 heavy (non-hydrogen) atoms. The molecule has 2 fully saturated rings. The van der Waals surface area contributed by atoms with Crippen molar-refractivity contribution in [2.24, 2.45) is 10.9 Å². The molecule has 3 aliphatic rings. The van der Waals surface area contributed by atoms with Gasteiger partial charge in [0.1, 0.15) is 11.1 Å². The maximum Gasteiger partial charge on any atom is 0.221 e. The molecule has 0 aromatic heterocycles. The van der Waals surface area contributed by atoms with Crippen molar-refractivity contribution in [1.29, 1.82) is 0 Å². The first-order valence-corrected chi connectivity index (χ1v) is 13.7. The second-order valence-corrected chi connectivity index (χ2v) is 11.8. The zero-order valence-electron chi connectivity index (χ0n) is 19.6. The van der Waals surface area contributed by atoms with E-state index < -0.39 is 15.3 Å². The van der Waals surface area contributed by atoms with E-state index in [1.807, 2.05) is 49.5 Å². The van der Waals surface area contributed by atoms with E-state index in [-0.39, 0.29) is 18.4 Å². The van der Waals surface area contributed by atoms with E-state index in [1.54, 1.807) is 12.1 Å². The Kier molecular flexibility index (Phi) is 6.58. The molecule has 0 aliphatic carbocycles.